The lowest BCUT2D eigenvalue weighted by Gasteiger charge is -2.34. The Labute approximate surface area is 217 Å². The van der Waals surface area contributed by atoms with Crippen LogP contribution < -0.4 is 10.6 Å². The highest BCUT2D eigenvalue weighted by Gasteiger charge is 2.51. The van der Waals surface area contributed by atoms with Gasteiger partial charge in [-0.3, -0.25) is 24.4 Å². The maximum atomic E-state index is 13.6. The van der Waals surface area contributed by atoms with Gasteiger partial charge in [-0.1, -0.05) is 17.7 Å². The van der Waals surface area contributed by atoms with Crippen molar-refractivity contribution in [1.29, 1.82) is 0 Å². The number of rotatable bonds is 6. The largest absolute Gasteiger partial charge is 0.453 e. The molecular weight excluding hydrogens is 500 g/mol. The number of hydrogen-bond acceptors (Lipinski definition) is 7. The number of carbonyl (C=O) groups is 4. The number of ketones is 1. The second kappa shape index (κ2) is 9.81. The number of amides is 3. The van der Waals surface area contributed by atoms with E-state index in [1.807, 2.05) is 0 Å². The zero-order valence-corrected chi connectivity index (χ0v) is 21.0. The first-order chi connectivity index (χ1) is 17.7. The fourth-order valence-electron chi connectivity index (χ4n) is 5.38. The number of methoxy groups -OCH3 is 1. The van der Waals surface area contributed by atoms with Gasteiger partial charge in [0.05, 0.1) is 12.6 Å². The number of Topliss-reactive ketones (excluding diaryl/α,β-unsaturated/α-hetero) is 1. The number of nitrogens with one attached hydrogen (secondary N) is 2. The Hall–Kier alpha value is -3.99. The third kappa shape index (κ3) is 4.74. The van der Waals surface area contributed by atoms with Crippen LogP contribution >= 0.6 is 11.6 Å². The average molecular weight is 525 g/mol. The first-order valence-corrected chi connectivity index (χ1v) is 12.2. The average Bonchev–Trinajstić information content (AvgIpc) is 3.57. The molecule has 5 rings (SSSR count). The van der Waals surface area contributed by atoms with Crippen LogP contribution in [-0.4, -0.2) is 62.5 Å². The summed E-state index contributed by atoms with van der Waals surface area (Å²) in [7, 11) is 1.25. The SMILES string of the molecule is COC(=O)Nc1ccc2c(c1)c(C(C)=O)nn2CC(=O)N1[C@@H]2CC[C@@H](C2)[C@H]1C(=O)Nc1cccc(Cl)n1. The van der Waals surface area contributed by atoms with E-state index in [4.69, 9.17) is 11.6 Å². The minimum absolute atomic E-state index is 0.0365. The molecule has 2 aliphatic rings. The van der Waals surface area contributed by atoms with Gasteiger partial charge >= 0.3 is 6.09 Å². The Morgan fingerprint density at radius 2 is 1.95 bits per heavy atom. The number of nitrogens with zero attached hydrogens (tertiary/aromatic N) is 4. The molecule has 3 atom stereocenters. The summed E-state index contributed by atoms with van der Waals surface area (Å²) in [6.07, 6.45) is 1.81. The van der Waals surface area contributed by atoms with E-state index < -0.39 is 12.1 Å². The molecule has 11 nitrogen and oxygen atoms in total. The second-order valence-corrected chi connectivity index (χ2v) is 9.61. The maximum absolute atomic E-state index is 13.6. The van der Waals surface area contributed by atoms with Crippen LogP contribution in [0.1, 0.15) is 36.7 Å². The van der Waals surface area contributed by atoms with Crippen molar-refractivity contribution in [2.75, 3.05) is 17.7 Å². The molecule has 37 heavy (non-hydrogen) atoms. The molecule has 3 aromatic rings. The molecule has 1 aliphatic heterocycles. The first-order valence-electron chi connectivity index (χ1n) is 11.9. The fourth-order valence-corrected chi connectivity index (χ4v) is 5.54. The highest BCUT2D eigenvalue weighted by Crippen LogP contribution is 2.43. The van der Waals surface area contributed by atoms with Gasteiger partial charge in [0.25, 0.3) is 0 Å². The van der Waals surface area contributed by atoms with Crippen molar-refractivity contribution >= 4 is 57.7 Å². The lowest BCUT2D eigenvalue weighted by atomic mass is 9.97. The van der Waals surface area contributed by atoms with Crippen molar-refractivity contribution in [2.24, 2.45) is 5.92 Å². The number of benzene rings is 1. The Morgan fingerprint density at radius 1 is 1.14 bits per heavy atom. The minimum atomic E-state index is -0.646. The van der Waals surface area contributed by atoms with Gasteiger partial charge in [0.2, 0.25) is 11.8 Å². The third-order valence-electron chi connectivity index (χ3n) is 6.91. The van der Waals surface area contributed by atoms with E-state index >= 15 is 0 Å². The number of ether oxygens (including phenoxy) is 1. The Balaban J connectivity index is 1.41. The van der Waals surface area contributed by atoms with Gasteiger partial charge < -0.3 is 15.0 Å². The van der Waals surface area contributed by atoms with Crippen molar-refractivity contribution in [3.8, 4) is 0 Å². The monoisotopic (exact) mass is 524 g/mol. The van der Waals surface area contributed by atoms with Gasteiger partial charge in [0.15, 0.2) is 5.78 Å². The van der Waals surface area contributed by atoms with Gasteiger partial charge in [-0.2, -0.15) is 5.10 Å². The fraction of sp³-hybridized carbons (Fsp3) is 0.360. The smallest absolute Gasteiger partial charge is 0.411 e. The number of fused-ring (bicyclic) bond motifs is 3. The molecule has 0 radical (unpaired) electrons. The van der Waals surface area contributed by atoms with E-state index in [1.54, 1.807) is 41.3 Å². The molecule has 2 N–H and O–H groups in total. The number of halogens is 1. The van der Waals surface area contributed by atoms with Crippen molar-refractivity contribution in [1.82, 2.24) is 19.7 Å². The van der Waals surface area contributed by atoms with E-state index in [9.17, 15) is 19.2 Å². The Morgan fingerprint density at radius 3 is 2.68 bits per heavy atom. The van der Waals surface area contributed by atoms with Gasteiger partial charge in [0.1, 0.15) is 29.3 Å². The zero-order chi connectivity index (χ0) is 26.3. The molecule has 2 aromatic heterocycles. The zero-order valence-electron chi connectivity index (χ0n) is 20.2. The van der Waals surface area contributed by atoms with E-state index in [0.29, 0.717) is 22.4 Å². The van der Waals surface area contributed by atoms with Crippen molar-refractivity contribution in [3.05, 3.63) is 47.2 Å². The van der Waals surface area contributed by atoms with Gasteiger partial charge in [-0.15, -0.1) is 0 Å². The van der Waals surface area contributed by atoms with Crippen LogP contribution in [-0.2, 0) is 20.9 Å². The first kappa shape index (κ1) is 24.7. The normalized spacial score (nSPS) is 20.2. The molecule has 2 fully saturated rings. The van der Waals surface area contributed by atoms with Crippen LogP contribution in [0.25, 0.3) is 10.9 Å². The number of carbonyl (C=O) groups excluding carboxylic acids is 4. The molecule has 2 bridgehead atoms. The summed E-state index contributed by atoms with van der Waals surface area (Å²) < 4.78 is 6.09. The van der Waals surface area contributed by atoms with Crippen molar-refractivity contribution in [3.63, 3.8) is 0 Å². The highest BCUT2D eigenvalue weighted by atomic mass is 35.5. The summed E-state index contributed by atoms with van der Waals surface area (Å²) in [5, 5.41) is 10.5. The van der Waals surface area contributed by atoms with Crippen molar-refractivity contribution in [2.45, 2.75) is 44.8 Å². The molecule has 0 unspecified atom stereocenters. The molecule has 1 saturated heterocycles. The Bertz CT molecular complexity index is 1420. The molecule has 3 heterocycles. The summed E-state index contributed by atoms with van der Waals surface area (Å²) in [6.45, 7) is 1.24. The number of anilines is 2. The number of likely N-dealkylation sites (tertiary alicyclic amines) is 1. The van der Waals surface area contributed by atoms with Gasteiger partial charge in [-0.25, -0.2) is 9.78 Å². The van der Waals surface area contributed by atoms with E-state index in [0.717, 1.165) is 19.3 Å². The lowest BCUT2D eigenvalue weighted by Crippen LogP contribution is -2.52. The minimum Gasteiger partial charge on any atom is -0.453 e. The molecular formula is C25H25ClN6O5. The van der Waals surface area contributed by atoms with Crippen LogP contribution in [0.5, 0.6) is 0 Å². The number of piperidine rings is 1. The Kier molecular flexibility index (Phi) is 6.55. The van der Waals surface area contributed by atoms with E-state index in [2.05, 4.69) is 25.5 Å². The van der Waals surface area contributed by atoms with Gasteiger partial charge in [0, 0.05) is 24.0 Å². The summed E-state index contributed by atoms with van der Waals surface area (Å²) in [5.41, 5.74) is 1.17. The van der Waals surface area contributed by atoms with Gasteiger partial charge in [-0.05, 0) is 55.5 Å². The van der Waals surface area contributed by atoms with Crippen LogP contribution in [0.2, 0.25) is 5.15 Å². The summed E-state index contributed by atoms with van der Waals surface area (Å²) >= 11 is 5.95. The molecule has 3 amide bonds. The van der Waals surface area contributed by atoms with Crippen LogP contribution in [0.15, 0.2) is 36.4 Å². The molecule has 192 valence electrons. The topological polar surface area (TPSA) is 136 Å². The highest BCUT2D eigenvalue weighted by molar-refractivity contribution is 6.29. The maximum Gasteiger partial charge on any atom is 0.411 e. The number of aromatic nitrogens is 3. The standard InChI is InChI=1S/C25H25ClN6O5/c1-13(33)22-17-11-15(27-25(36)37-2)7-9-18(17)31(30-22)12-21(34)32-16-8-6-14(10-16)23(32)24(35)29-20-5-3-4-19(26)28-20/h3-5,7,9,11,14,16,23H,6,8,10,12H2,1-2H3,(H,27,36)(H,28,29,35)/t14-,16+,23-/m0/s1. The summed E-state index contributed by atoms with van der Waals surface area (Å²) in [5.74, 6) is -0.459. The quantitative estimate of drug-likeness (QED) is 0.372. The number of pyridine rings is 1. The molecule has 1 aliphatic carbocycles. The molecule has 1 saturated carbocycles. The molecule has 0 spiro atoms. The van der Waals surface area contributed by atoms with Crippen LogP contribution in [0, 0.1) is 5.92 Å². The van der Waals surface area contributed by atoms with Crippen molar-refractivity contribution < 1.29 is 23.9 Å². The summed E-state index contributed by atoms with van der Waals surface area (Å²) in [6, 6.07) is 9.21. The molecule has 12 heteroatoms. The van der Waals surface area contributed by atoms with E-state index in [-0.39, 0.29) is 46.9 Å². The predicted octanol–water partition coefficient (Wildman–Crippen LogP) is 3.48. The predicted molar refractivity (Wildman–Crippen MR) is 135 cm³/mol. The number of hydrogen-bond donors (Lipinski definition) is 2. The van der Waals surface area contributed by atoms with Crippen LogP contribution in [0.3, 0.4) is 0 Å². The third-order valence-corrected chi connectivity index (χ3v) is 7.12. The lowest BCUT2D eigenvalue weighted by molar-refractivity contribution is -0.141. The summed E-state index contributed by atoms with van der Waals surface area (Å²) in [4.78, 5) is 56.5. The molecule has 1 aromatic carbocycles. The second-order valence-electron chi connectivity index (χ2n) is 9.22. The van der Waals surface area contributed by atoms with Crippen LogP contribution in [0.4, 0.5) is 16.3 Å². The van der Waals surface area contributed by atoms with E-state index in [1.165, 1.54) is 18.7 Å².